The van der Waals surface area contributed by atoms with Crippen molar-refractivity contribution in [2.24, 2.45) is 11.8 Å². The Morgan fingerprint density at radius 1 is 1.30 bits per heavy atom. The molecule has 0 bridgehead atoms. The number of β-lactam (4-membered cyclic amide) rings is 1. The first-order valence-corrected chi connectivity index (χ1v) is 13.0. The fourth-order valence-corrected chi connectivity index (χ4v) is 5.83. The van der Waals surface area contributed by atoms with Gasteiger partial charge in [-0.2, -0.15) is 0 Å². The highest BCUT2D eigenvalue weighted by molar-refractivity contribution is 8.13. The van der Waals surface area contributed by atoms with Gasteiger partial charge in [-0.25, -0.2) is 4.79 Å². The molecule has 180 valence electrons. The Bertz CT molecular complexity index is 938. The van der Waals surface area contributed by atoms with Crippen LogP contribution in [-0.2, 0) is 11.2 Å². The van der Waals surface area contributed by atoms with Gasteiger partial charge in [0.25, 0.3) is 0 Å². The zero-order valence-corrected chi connectivity index (χ0v) is 21.1. The molecule has 0 unspecified atom stereocenters. The molecule has 1 saturated heterocycles. The minimum absolute atomic E-state index is 0.0221. The van der Waals surface area contributed by atoms with E-state index in [9.17, 15) is 14.7 Å². The largest absolute Gasteiger partial charge is 0.507 e. The maximum atomic E-state index is 12.9. The summed E-state index contributed by atoms with van der Waals surface area (Å²) in [5.74, 6) is 0.465. The number of unbranched alkanes of at least 4 members (excludes halogenated alkanes) is 2. The Morgan fingerprint density at radius 3 is 2.70 bits per heavy atom. The summed E-state index contributed by atoms with van der Waals surface area (Å²) >= 11 is 1.01. The molecule has 3 rings (SSSR count). The number of phenols is 1. The molecule has 0 spiro atoms. The van der Waals surface area contributed by atoms with Gasteiger partial charge >= 0.3 is 5.30 Å². The van der Waals surface area contributed by atoms with Crippen LogP contribution in [0.5, 0.6) is 11.5 Å². The second-order valence-corrected chi connectivity index (χ2v) is 10.5. The predicted molar refractivity (Wildman–Crippen MR) is 135 cm³/mol. The highest BCUT2D eigenvalue weighted by atomic mass is 32.2. The van der Waals surface area contributed by atoms with E-state index in [1.165, 1.54) is 5.57 Å². The van der Waals surface area contributed by atoms with Crippen molar-refractivity contribution in [2.75, 3.05) is 0 Å². The summed E-state index contributed by atoms with van der Waals surface area (Å²) in [6, 6.07) is 3.73. The summed E-state index contributed by atoms with van der Waals surface area (Å²) in [6.07, 6.45) is 8.86. The lowest BCUT2D eigenvalue weighted by Crippen LogP contribution is -2.56. The van der Waals surface area contributed by atoms with E-state index in [2.05, 4.69) is 31.8 Å². The molecule has 2 N–H and O–H groups in total. The van der Waals surface area contributed by atoms with Crippen LogP contribution in [0, 0.1) is 11.8 Å². The molecule has 0 aromatic heterocycles. The molecular weight excluding hydrogens is 434 g/mol. The number of aryl methyl sites for hydroxylation is 1. The van der Waals surface area contributed by atoms with Crippen LogP contribution in [0.3, 0.4) is 0 Å². The molecule has 1 fully saturated rings. The van der Waals surface area contributed by atoms with Gasteiger partial charge in [-0.3, -0.25) is 4.79 Å². The molecule has 1 aromatic carbocycles. The summed E-state index contributed by atoms with van der Waals surface area (Å²) in [5.41, 5.74) is 3.94. The molecule has 2 aliphatic rings. The van der Waals surface area contributed by atoms with Gasteiger partial charge in [0, 0.05) is 11.5 Å². The average molecular weight is 472 g/mol. The summed E-state index contributed by atoms with van der Waals surface area (Å²) in [4.78, 5) is 24.5. The number of allylic oxidation sites excluding steroid dienone is 3. The van der Waals surface area contributed by atoms with Crippen LogP contribution in [0.25, 0.3) is 0 Å². The fraction of sp³-hybridized carbons (Fsp3) is 0.556. The lowest BCUT2D eigenvalue weighted by atomic mass is 9.73. The fourth-order valence-electron chi connectivity index (χ4n) is 4.83. The number of aromatic hydroxyl groups is 1. The number of benzene rings is 1. The van der Waals surface area contributed by atoms with Gasteiger partial charge in [-0.1, -0.05) is 50.5 Å². The maximum Gasteiger partial charge on any atom is 0.374 e. The van der Waals surface area contributed by atoms with Crippen LogP contribution in [0.15, 0.2) is 35.9 Å². The molecule has 0 saturated carbocycles. The van der Waals surface area contributed by atoms with Gasteiger partial charge in [0.15, 0.2) is 0 Å². The number of thioether (sulfide) groups is 1. The molecule has 1 amide bonds. The molecule has 6 heteroatoms. The van der Waals surface area contributed by atoms with Crippen LogP contribution in [-0.4, -0.2) is 21.7 Å². The molecule has 33 heavy (non-hydrogen) atoms. The first-order valence-electron chi connectivity index (χ1n) is 12.1. The van der Waals surface area contributed by atoms with Crippen molar-refractivity contribution in [1.82, 2.24) is 5.32 Å². The van der Waals surface area contributed by atoms with E-state index in [1.807, 2.05) is 26.0 Å². The van der Waals surface area contributed by atoms with Crippen molar-refractivity contribution in [3.05, 3.63) is 47.1 Å². The summed E-state index contributed by atoms with van der Waals surface area (Å²) in [6.45, 7) is 12.4. The van der Waals surface area contributed by atoms with Crippen LogP contribution < -0.4 is 10.1 Å². The van der Waals surface area contributed by atoms with E-state index in [0.717, 1.165) is 61.4 Å². The van der Waals surface area contributed by atoms with Crippen LogP contribution in [0.4, 0.5) is 4.79 Å². The highest BCUT2D eigenvalue weighted by Crippen LogP contribution is 2.47. The minimum atomic E-state index is -0.465. The topological polar surface area (TPSA) is 75.6 Å². The van der Waals surface area contributed by atoms with Crippen molar-refractivity contribution in [3.63, 3.8) is 0 Å². The lowest BCUT2D eigenvalue weighted by molar-refractivity contribution is -0.132. The molecule has 1 aromatic rings. The van der Waals surface area contributed by atoms with E-state index in [1.54, 1.807) is 0 Å². The summed E-state index contributed by atoms with van der Waals surface area (Å²) < 4.78 is 5.88. The number of amides is 1. The Balaban J connectivity index is 1.92. The van der Waals surface area contributed by atoms with Gasteiger partial charge in [0.1, 0.15) is 11.5 Å². The van der Waals surface area contributed by atoms with Crippen molar-refractivity contribution >= 4 is 23.0 Å². The Kier molecular flexibility index (Phi) is 8.69. The van der Waals surface area contributed by atoms with Gasteiger partial charge in [0.05, 0.1) is 11.3 Å². The van der Waals surface area contributed by atoms with Crippen LogP contribution in [0.1, 0.15) is 83.3 Å². The summed E-state index contributed by atoms with van der Waals surface area (Å²) in [7, 11) is 0. The number of hydrogen-bond donors (Lipinski definition) is 2. The molecular formula is C27H37NO4S. The summed E-state index contributed by atoms with van der Waals surface area (Å²) in [5, 5.41) is 13.2. The average Bonchev–Trinajstić information content (AvgIpc) is 2.73. The second kappa shape index (κ2) is 11.3. The lowest BCUT2D eigenvalue weighted by Gasteiger charge is -2.34. The Labute approximate surface area is 202 Å². The Hall–Kier alpha value is -2.21. The third-order valence-corrected chi connectivity index (χ3v) is 7.78. The normalized spacial score (nSPS) is 24.5. The van der Waals surface area contributed by atoms with E-state index >= 15 is 0 Å². The van der Waals surface area contributed by atoms with Gasteiger partial charge in [-0.05, 0) is 81.3 Å². The molecule has 1 aliphatic carbocycles. The van der Waals surface area contributed by atoms with E-state index < -0.39 is 5.30 Å². The SMILES string of the molecule is C=C(C)[C@@H]1CCC(C)=C[C@H]1c1c(O)cc(CCCCC)cc1OC(=O)S[C@H]1NC(=O)[C@@H]1CC. The number of nitrogens with one attached hydrogen (secondary N) is 1. The van der Waals surface area contributed by atoms with Crippen molar-refractivity contribution < 1.29 is 19.4 Å². The second-order valence-electron chi connectivity index (χ2n) is 9.43. The van der Waals surface area contributed by atoms with Crippen molar-refractivity contribution in [3.8, 4) is 11.5 Å². The van der Waals surface area contributed by atoms with Crippen molar-refractivity contribution in [2.45, 2.75) is 83.9 Å². The first kappa shape index (κ1) is 25.4. The van der Waals surface area contributed by atoms with Crippen LogP contribution >= 0.6 is 11.8 Å². The number of carbonyl (C=O) groups excluding carboxylic acids is 2. The predicted octanol–water partition coefficient (Wildman–Crippen LogP) is 6.86. The van der Waals surface area contributed by atoms with Crippen LogP contribution in [0.2, 0.25) is 0 Å². The third kappa shape index (κ3) is 6.03. The number of rotatable bonds is 9. The van der Waals surface area contributed by atoms with E-state index in [0.29, 0.717) is 17.7 Å². The first-order chi connectivity index (χ1) is 15.7. The molecule has 1 heterocycles. The van der Waals surface area contributed by atoms with Gasteiger partial charge < -0.3 is 15.2 Å². The quantitative estimate of drug-likeness (QED) is 0.178. The number of phenolic OH excluding ortho intramolecular Hbond substituents is 1. The number of hydrogen-bond acceptors (Lipinski definition) is 5. The monoisotopic (exact) mass is 471 g/mol. The molecule has 0 radical (unpaired) electrons. The smallest absolute Gasteiger partial charge is 0.374 e. The third-order valence-electron chi connectivity index (χ3n) is 6.81. The van der Waals surface area contributed by atoms with E-state index in [4.69, 9.17) is 4.74 Å². The molecule has 5 nitrogen and oxygen atoms in total. The minimum Gasteiger partial charge on any atom is -0.507 e. The Morgan fingerprint density at radius 2 is 2.06 bits per heavy atom. The zero-order valence-electron chi connectivity index (χ0n) is 20.3. The number of ether oxygens (including phenoxy) is 1. The van der Waals surface area contributed by atoms with Crippen molar-refractivity contribution in [1.29, 1.82) is 0 Å². The van der Waals surface area contributed by atoms with Gasteiger partial charge in [0.2, 0.25) is 5.91 Å². The molecule has 1 aliphatic heterocycles. The highest BCUT2D eigenvalue weighted by Gasteiger charge is 2.40. The molecule has 4 atom stereocenters. The number of carbonyl (C=O) groups is 2. The van der Waals surface area contributed by atoms with Gasteiger partial charge in [-0.15, -0.1) is 0 Å². The zero-order chi connectivity index (χ0) is 24.1. The standard InChI is InChI=1S/C27H37NO4S/c1-6-8-9-10-18-14-22(29)24(21-13-17(5)11-12-20(21)16(3)4)23(15-18)32-27(31)33-26-19(7-2)25(30)28-26/h13-15,19-21,26,29H,3,6-12H2,1-2,4-5H3,(H,28,30)/t19-,20-,21+,26+/m0/s1. The maximum absolute atomic E-state index is 12.9. The van der Waals surface area contributed by atoms with E-state index in [-0.39, 0.29) is 34.8 Å².